The average Bonchev–Trinajstić information content (AvgIpc) is 2.84. The Balaban J connectivity index is 2.55. The number of carbonyl (C=O) groups excluding carboxylic acids is 1. The van der Waals surface area contributed by atoms with Gasteiger partial charge in [0.15, 0.2) is 11.4 Å². The number of ketones is 1. The maximum absolute atomic E-state index is 12.7. The summed E-state index contributed by atoms with van der Waals surface area (Å²) in [4.78, 5) is 12.7. The highest BCUT2D eigenvalue weighted by Crippen LogP contribution is 2.26. The summed E-state index contributed by atoms with van der Waals surface area (Å²) in [5.41, 5.74) is 2.06. The Morgan fingerprint density at radius 2 is 2.21 bits per heavy atom. The van der Waals surface area contributed by atoms with Gasteiger partial charge in [0.1, 0.15) is 0 Å². The summed E-state index contributed by atoms with van der Waals surface area (Å²) in [6.07, 6.45) is 1.57. The first kappa shape index (κ1) is 13.8. The van der Waals surface area contributed by atoms with Crippen LogP contribution in [0, 0.1) is 6.92 Å². The molecule has 0 saturated heterocycles. The molecule has 1 heterocycles. The molecule has 0 N–H and O–H groups in total. The van der Waals surface area contributed by atoms with Gasteiger partial charge in [-0.1, -0.05) is 28.1 Å². The maximum Gasteiger partial charge on any atom is 0.215 e. The Labute approximate surface area is 120 Å². The van der Waals surface area contributed by atoms with Gasteiger partial charge in [-0.15, -0.1) is 0 Å². The molecule has 19 heavy (non-hydrogen) atoms. The molecule has 0 amide bonds. The quantitative estimate of drug-likeness (QED) is 0.812. The summed E-state index contributed by atoms with van der Waals surface area (Å²) >= 11 is 3.44. The van der Waals surface area contributed by atoms with Crippen LogP contribution < -0.4 is 4.74 Å². The Kier molecular flexibility index (Phi) is 4.04. The molecule has 0 spiro atoms. The molecule has 0 aliphatic carbocycles. The second-order valence-corrected chi connectivity index (χ2v) is 4.97. The molecule has 1 aromatic heterocycles. The van der Waals surface area contributed by atoms with Crippen LogP contribution in [-0.2, 0) is 6.54 Å². The predicted molar refractivity (Wildman–Crippen MR) is 76.8 cm³/mol. The number of methoxy groups -OCH3 is 1. The number of hydrogen-bond acceptors (Lipinski definition) is 3. The lowest BCUT2D eigenvalue weighted by Gasteiger charge is -2.09. The number of aryl methyl sites for hydroxylation is 1. The molecule has 100 valence electrons. The second-order valence-electron chi connectivity index (χ2n) is 4.12. The summed E-state index contributed by atoms with van der Waals surface area (Å²) in [6.45, 7) is 4.48. The van der Waals surface area contributed by atoms with Crippen LogP contribution in [0.25, 0.3) is 0 Å². The van der Waals surface area contributed by atoms with Crippen molar-refractivity contribution in [3.63, 3.8) is 0 Å². The maximum atomic E-state index is 12.7. The molecular formula is C14H15BrN2O2. The largest absolute Gasteiger partial charge is 0.493 e. The molecule has 0 unspecified atom stereocenters. The lowest BCUT2D eigenvalue weighted by molar-refractivity contribution is 0.102. The topological polar surface area (TPSA) is 44.1 Å². The van der Waals surface area contributed by atoms with E-state index in [1.54, 1.807) is 18.0 Å². The highest BCUT2D eigenvalue weighted by atomic mass is 79.9. The van der Waals surface area contributed by atoms with E-state index in [1.807, 2.05) is 32.0 Å². The van der Waals surface area contributed by atoms with E-state index in [0.717, 1.165) is 10.0 Å². The number of hydrogen-bond donors (Lipinski definition) is 0. The smallest absolute Gasteiger partial charge is 0.215 e. The number of carbonyl (C=O) groups is 1. The highest BCUT2D eigenvalue weighted by molar-refractivity contribution is 9.10. The molecule has 4 nitrogen and oxygen atoms in total. The van der Waals surface area contributed by atoms with Crippen LogP contribution in [0.1, 0.15) is 28.5 Å². The summed E-state index contributed by atoms with van der Waals surface area (Å²) < 4.78 is 7.80. The number of nitrogens with zero attached hydrogens (tertiary/aromatic N) is 2. The van der Waals surface area contributed by atoms with E-state index in [2.05, 4.69) is 21.0 Å². The minimum atomic E-state index is -0.0741. The molecule has 0 aliphatic rings. The van der Waals surface area contributed by atoms with Gasteiger partial charge in [0, 0.05) is 16.6 Å². The summed E-state index contributed by atoms with van der Waals surface area (Å²) in [5.74, 6) is 0.432. The second kappa shape index (κ2) is 5.57. The third-order valence-electron chi connectivity index (χ3n) is 3.05. The van der Waals surface area contributed by atoms with Gasteiger partial charge >= 0.3 is 0 Å². The van der Waals surface area contributed by atoms with E-state index in [0.29, 0.717) is 23.6 Å². The van der Waals surface area contributed by atoms with E-state index >= 15 is 0 Å². The Morgan fingerprint density at radius 3 is 2.84 bits per heavy atom. The van der Waals surface area contributed by atoms with Gasteiger partial charge < -0.3 is 4.74 Å². The molecule has 0 atom stereocenters. The van der Waals surface area contributed by atoms with Gasteiger partial charge in [0.05, 0.1) is 13.3 Å². The van der Waals surface area contributed by atoms with E-state index in [4.69, 9.17) is 4.74 Å². The number of halogens is 1. The summed E-state index contributed by atoms with van der Waals surface area (Å²) in [7, 11) is 1.54. The SMILES string of the molecule is CCn1ncc(OC)c1C(=O)c1cccc(Br)c1C. The van der Waals surface area contributed by atoms with Crippen molar-refractivity contribution >= 4 is 21.7 Å². The minimum absolute atomic E-state index is 0.0741. The lowest BCUT2D eigenvalue weighted by atomic mass is 10.0. The third kappa shape index (κ3) is 2.42. The van der Waals surface area contributed by atoms with Crippen molar-refractivity contribution in [1.29, 1.82) is 0 Å². The molecule has 0 saturated carbocycles. The number of aromatic nitrogens is 2. The predicted octanol–water partition coefficient (Wildman–Crippen LogP) is 3.21. The Bertz CT molecular complexity index is 598. The van der Waals surface area contributed by atoms with Gasteiger partial charge in [-0.3, -0.25) is 9.48 Å². The zero-order valence-corrected chi connectivity index (χ0v) is 12.7. The van der Waals surface area contributed by atoms with Crippen LogP contribution in [0.5, 0.6) is 5.75 Å². The minimum Gasteiger partial charge on any atom is -0.493 e. The summed E-state index contributed by atoms with van der Waals surface area (Å²) in [6, 6.07) is 5.58. The van der Waals surface area contributed by atoms with Crippen LogP contribution in [0.4, 0.5) is 0 Å². The van der Waals surface area contributed by atoms with Crippen molar-refractivity contribution in [2.24, 2.45) is 0 Å². The van der Waals surface area contributed by atoms with Gasteiger partial charge in [-0.05, 0) is 25.5 Å². The summed E-state index contributed by atoms with van der Waals surface area (Å²) in [5, 5.41) is 4.16. The van der Waals surface area contributed by atoms with Crippen molar-refractivity contribution in [3.8, 4) is 5.75 Å². The number of benzene rings is 1. The van der Waals surface area contributed by atoms with Crippen LogP contribution >= 0.6 is 15.9 Å². The molecular weight excluding hydrogens is 308 g/mol. The van der Waals surface area contributed by atoms with E-state index < -0.39 is 0 Å². The Hall–Kier alpha value is -1.62. The van der Waals surface area contributed by atoms with Crippen LogP contribution in [0.15, 0.2) is 28.9 Å². The van der Waals surface area contributed by atoms with Crippen molar-refractivity contribution in [2.75, 3.05) is 7.11 Å². The van der Waals surface area contributed by atoms with Crippen LogP contribution in [0.3, 0.4) is 0 Å². The monoisotopic (exact) mass is 322 g/mol. The van der Waals surface area contributed by atoms with Gasteiger partial charge in [0.25, 0.3) is 0 Å². The first-order valence-corrected chi connectivity index (χ1v) is 6.79. The number of ether oxygens (including phenoxy) is 1. The van der Waals surface area contributed by atoms with Gasteiger partial charge in [0.2, 0.25) is 5.78 Å². The van der Waals surface area contributed by atoms with E-state index in [9.17, 15) is 4.79 Å². The van der Waals surface area contributed by atoms with Crippen molar-refractivity contribution < 1.29 is 9.53 Å². The van der Waals surface area contributed by atoms with Crippen molar-refractivity contribution in [1.82, 2.24) is 9.78 Å². The third-order valence-corrected chi connectivity index (χ3v) is 3.91. The lowest BCUT2D eigenvalue weighted by Crippen LogP contribution is -2.13. The van der Waals surface area contributed by atoms with Gasteiger partial charge in [-0.2, -0.15) is 5.10 Å². The normalized spacial score (nSPS) is 10.5. The Morgan fingerprint density at radius 1 is 1.47 bits per heavy atom. The first-order chi connectivity index (χ1) is 9.10. The number of rotatable bonds is 4. The fraction of sp³-hybridized carbons (Fsp3) is 0.286. The standard InChI is InChI=1S/C14H15BrN2O2/c1-4-17-13(12(19-3)8-16-17)14(18)10-6-5-7-11(15)9(10)2/h5-8H,4H2,1-3H3. The molecule has 5 heteroatoms. The fourth-order valence-electron chi connectivity index (χ4n) is 1.97. The molecule has 0 radical (unpaired) electrons. The highest BCUT2D eigenvalue weighted by Gasteiger charge is 2.22. The molecule has 0 bridgehead atoms. The van der Waals surface area contributed by atoms with Gasteiger partial charge in [-0.25, -0.2) is 0 Å². The van der Waals surface area contributed by atoms with Crippen molar-refractivity contribution in [2.45, 2.75) is 20.4 Å². The van der Waals surface area contributed by atoms with Crippen LogP contribution in [-0.4, -0.2) is 22.7 Å². The molecule has 1 aromatic carbocycles. The van der Waals surface area contributed by atoms with E-state index in [1.165, 1.54) is 0 Å². The van der Waals surface area contributed by atoms with Crippen molar-refractivity contribution in [3.05, 3.63) is 45.7 Å². The zero-order valence-electron chi connectivity index (χ0n) is 11.1. The average molecular weight is 323 g/mol. The fourth-order valence-corrected chi connectivity index (χ4v) is 2.33. The first-order valence-electron chi connectivity index (χ1n) is 5.99. The molecule has 0 aliphatic heterocycles. The van der Waals surface area contributed by atoms with Crippen LogP contribution in [0.2, 0.25) is 0 Å². The molecule has 2 aromatic rings. The molecule has 2 rings (SSSR count). The zero-order chi connectivity index (χ0) is 14.0. The van der Waals surface area contributed by atoms with E-state index in [-0.39, 0.29) is 5.78 Å². The molecule has 0 fully saturated rings.